The second kappa shape index (κ2) is 8.62. The van der Waals surface area contributed by atoms with E-state index in [1.165, 1.54) is 12.8 Å². The van der Waals surface area contributed by atoms with E-state index in [9.17, 15) is 4.79 Å². The van der Waals surface area contributed by atoms with Gasteiger partial charge in [-0.2, -0.15) is 0 Å². The predicted molar refractivity (Wildman–Crippen MR) is 98.8 cm³/mol. The molecule has 1 aliphatic heterocycles. The summed E-state index contributed by atoms with van der Waals surface area (Å²) in [5.41, 5.74) is 2.53. The number of rotatable bonds is 6. The lowest BCUT2D eigenvalue weighted by molar-refractivity contribution is 0.0950. The molecule has 1 aromatic heterocycles. The Hall–Kier alpha value is -2.40. The minimum absolute atomic E-state index is 0.0633. The number of pyridine rings is 1. The van der Waals surface area contributed by atoms with Gasteiger partial charge < -0.3 is 15.4 Å². The van der Waals surface area contributed by atoms with Crippen LogP contribution in [0.1, 0.15) is 29.6 Å². The van der Waals surface area contributed by atoms with E-state index in [-0.39, 0.29) is 5.91 Å². The zero-order valence-electron chi connectivity index (χ0n) is 14.6. The number of hydrogen-bond donors (Lipinski definition) is 2. The number of methoxy groups -OCH3 is 1. The lowest BCUT2D eigenvalue weighted by Crippen LogP contribution is -2.33. The molecule has 1 aromatic carbocycles. The largest absolute Gasteiger partial charge is 0.497 e. The number of benzene rings is 1. The summed E-state index contributed by atoms with van der Waals surface area (Å²) >= 11 is 0. The third kappa shape index (κ3) is 4.79. The van der Waals surface area contributed by atoms with Gasteiger partial charge in [-0.1, -0.05) is 12.1 Å². The van der Waals surface area contributed by atoms with Crippen molar-refractivity contribution in [1.29, 1.82) is 0 Å². The second-order valence-corrected chi connectivity index (χ2v) is 6.45. The van der Waals surface area contributed by atoms with Crippen molar-refractivity contribution in [3.05, 3.63) is 48.3 Å². The van der Waals surface area contributed by atoms with Gasteiger partial charge in [-0.05, 0) is 62.0 Å². The van der Waals surface area contributed by atoms with Crippen molar-refractivity contribution in [2.45, 2.75) is 19.3 Å². The maximum atomic E-state index is 12.4. The Morgan fingerprint density at radius 3 is 2.84 bits per heavy atom. The summed E-state index contributed by atoms with van der Waals surface area (Å²) in [5, 5.41) is 6.42. The van der Waals surface area contributed by atoms with E-state index in [2.05, 4.69) is 15.6 Å². The van der Waals surface area contributed by atoms with Crippen LogP contribution in [-0.4, -0.2) is 37.6 Å². The highest BCUT2D eigenvalue weighted by Gasteiger charge is 2.13. The Labute approximate surface area is 148 Å². The summed E-state index contributed by atoms with van der Waals surface area (Å²) < 4.78 is 5.18. The first kappa shape index (κ1) is 17.4. The van der Waals surface area contributed by atoms with Crippen LogP contribution < -0.4 is 15.4 Å². The molecule has 1 unspecified atom stereocenters. The smallest absolute Gasteiger partial charge is 0.252 e. The number of carbonyl (C=O) groups excluding carboxylic acids is 1. The van der Waals surface area contributed by atoms with E-state index in [1.807, 2.05) is 30.3 Å². The van der Waals surface area contributed by atoms with Crippen molar-refractivity contribution in [2.24, 2.45) is 5.92 Å². The molecule has 0 saturated carbocycles. The second-order valence-electron chi connectivity index (χ2n) is 6.45. The average Bonchev–Trinajstić information content (AvgIpc) is 2.69. The quantitative estimate of drug-likeness (QED) is 0.849. The summed E-state index contributed by atoms with van der Waals surface area (Å²) in [6, 6.07) is 9.62. The number of hydrogen-bond acceptors (Lipinski definition) is 4. The molecule has 5 nitrogen and oxygen atoms in total. The van der Waals surface area contributed by atoms with Gasteiger partial charge in [0, 0.05) is 24.5 Å². The number of amides is 1. The monoisotopic (exact) mass is 339 g/mol. The van der Waals surface area contributed by atoms with Crippen LogP contribution in [0.5, 0.6) is 5.75 Å². The molecule has 25 heavy (non-hydrogen) atoms. The van der Waals surface area contributed by atoms with Gasteiger partial charge in [-0.25, -0.2) is 0 Å². The number of nitrogens with one attached hydrogen (secondary N) is 2. The van der Waals surface area contributed by atoms with Crippen LogP contribution in [0.4, 0.5) is 0 Å². The lowest BCUT2D eigenvalue weighted by Gasteiger charge is -2.22. The highest BCUT2D eigenvalue weighted by Crippen LogP contribution is 2.22. The summed E-state index contributed by atoms with van der Waals surface area (Å²) in [4.78, 5) is 16.6. The predicted octanol–water partition coefficient (Wildman–Crippen LogP) is 2.88. The standard InChI is InChI=1S/C20H25N3O2/c1-25-19-6-4-16(5-7-19)17-11-18(14-22-13-17)20(24)23-10-8-15-3-2-9-21-12-15/h4-7,11,13-15,21H,2-3,8-10,12H2,1H3,(H,23,24). The van der Waals surface area contributed by atoms with Crippen molar-refractivity contribution >= 4 is 5.91 Å². The summed E-state index contributed by atoms with van der Waals surface area (Å²) in [5.74, 6) is 1.41. The average molecular weight is 339 g/mol. The Morgan fingerprint density at radius 1 is 1.28 bits per heavy atom. The Bertz CT molecular complexity index is 694. The fraction of sp³-hybridized carbons (Fsp3) is 0.400. The molecule has 0 bridgehead atoms. The third-order valence-electron chi connectivity index (χ3n) is 4.66. The molecule has 2 aromatic rings. The molecular formula is C20H25N3O2. The van der Waals surface area contributed by atoms with Crippen molar-refractivity contribution in [3.63, 3.8) is 0 Å². The summed E-state index contributed by atoms with van der Waals surface area (Å²) in [7, 11) is 1.64. The normalized spacial score (nSPS) is 17.1. The van der Waals surface area contributed by atoms with Gasteiger partial charge in [0.15, 0.2) is 0 Å². The van der Waals surface area contributed by atoms with E-state index in [4.69, 9.17) is 4.74 Å². The molecule has 2 N–H and O–H groups in total. The maximum Gasteiger partial charge on any atom is 0.252 e. The first-order chi connectivity index (χ1) is 12.3. The lowest BCUT2D eigenvalue weighted by atomic mass is 9.96. The van der Waals surface area contributed by atoms with E-state index >= 15 is 0 Å². The first-order valence-corrected chi connectivity index (χ1v) is 8.84. The zero-order chi connectivity index (χ0) is 17.5. The van der Waals surface area contributed by atoms with Crippen molar-refractivity contribution in [1.82, 2.24) is 15.6 Å². The summed E-state index contributed by atoms with van der Waals surface area (Å²) in [6.45, 7) is 2.88. The van der Waals surface area contributed by atoms with Crippen LogP contribution >= 0.6 is 0 Å². The van der Waals surface area contributed by atoms with Crippen LogP contribution in [0.25, 0.3) is 11.1 Å². The topological polar surface area (TPSA) is 63.2 Å². The van der Waals surface area contributed by atoms with Crippen molar-refractivity contribution in [3.8, 4) is 16.9 Å². The molecule has 1 aliphatic rings. The van der Waals surface area contributed by atoms with Crippen LogP contribution in [0.2, 0.25) is 0 Å². The van der Waals surface area contributed by atoms with E-state index < -0.39 is 0 Å². The molecule has 1 atom stereocenters. The number of aromatic nitrogens is 1. The zero-order valence-corrected chi connectivity index (χ0v) is 14.6. The van der Waals surface area contributed by atoms with Gasteiger partial charge in [0.25, 0.3) is 5.91 Å². The molecule has 5 heteroatoms. The number of carbonyl (C=O) groups is 1. The molecular weight excluding hydrogens is 314 g/mol. The van der Waals surface area contributed by atoms with Crippen LogP contribution in [-0.2, 0) is 0 Å². The van der Waals surface area contributed by atoms with Crippen LogP contribution in [0.3, 0.4) is 0 Å². The first-order valence-electron chi connectivity index (χ1n) is 8.84. The Morgan fingerprint density at radius 2 is 2.12 bits per heavy atom. The molecule has 132 valence electrons. The van der Waals surface area contributed by atoms with Gasteiger partial charge >= 0.3 is 0 Å². The molecule has 1 fully saturated rings. The van der Waals surface area contributed by atoms with Crippen LogP contribution in [0.15, 0.2) is 42.7 Å². The van der Waals surface area contributed by atoms with E-state index in [1.54, 1.807) is 19.5 Å². The Kier molecular flexibility index (Phi) is 6.01. The van der Waals surface area contributed by atoms with E-state index in [0.717, 1.165) is 36.4 Å². The van der Waals surface area contributed by atoms with Gasteiger partial charge in [0.2, 0.25) is 0 Å². The van der Waals surface area contributed by atoms with Gasteiger partial charge in [-0.15, -0.1) is 0 Å². The third-order valence-corrected chi connectivity index (χ3v) is 4.66. The molecule has 2 heterocycles. The molecule has 0 spiro atoms. The van der Waals surface area contributed by atoms with Gasteiger partial charge in [0.1, 0.15) is 5.75 Å². The fourth-order valence-corrected chi connectivity index (χ4v) is 3.17. The minimum atomic E-state index is -0.0633. The molecule has 0 aliphatic carbocycles. The molecule has 1 saturated heterocycles. The van der Waals surface area contributed by atoms with Crippen molar-refractivity contribution in [2.75, 3.05) is 26.7 Å². The minimum Gasteiger partial charge on any atom is -0.497 e. The molecule has 0 radical (unpaired) electrons. The summed E-state index contributed by atoms with van der Waals surface area (Å²) in [6.07, 6.45) is 6.88. The van der Waals surface area contributed by atoms with Crippen LogP contribution in [0, 0.1) is 5.92 Å². The molecule has 1 amide bonds. The highest BCUT2D eigenvalue weighted by molar-refractivity contribution is 5.95. The van der Waals surface area contributed by atoms with Gasteiger partial charge in [0.05, 0.1) is 12.7 Å². The van der Waals surface area contributed by atoms with Crippen molar-refractivity contribution < 1.29 is 9.53 Å². The Balaban J connectivity index is 1.58. The number of nitrogens with zero attached hydrogens (tertiary/aromatic N) is 1. The number of piperidine rings is 1. The SMILES string of the molecule is COc1ccc(-c2cncc(C(=O)NCCC3CCCNC3)c2)cc1. The van der Waals surface area contributed by atoms with E-state index in [0.29, 0.717) is 18.0 Å². The highest BCUT2D eigenvalue weighted by atomic mass is 16.5. The molecule has 3 rings (SSSR count). The van der Waals surface area contributed by atoms with Gasteiger partial charge in [-0.3, -0.25) is 9.78 Å². The fourth-order valence-electron chi connectivity index (χ4n) is 3.17. The maximum absolute atomic E-state index is 12.4. The number of ether oxygens (including phenoxy) is 1.